The number of aromatic amines is 1. The predicted molar refractivity (Wildman–Crippen MR) is 77.6 cm³/mol. The molecule has 0 unspecified atom stereocenters. The zero-order chi connectivity index (χ0) is 13.8. The van der Waals surface area contributed by atoms with Crippen molar-refractivity contribution in [3.8, 4) is 0 Å². The number of aromatic nitrogens is 3. The first-order valence-electron chi connectivity index (χ1n) is 5.90. The van der Waals surface area contributed by atoms with Crippen LogP contribution in [0.2, 0.25) is 5.02 Å². The highest BCUT2D eigenvalue weighted by Gasteiger charge is 2.07. The first kappa shape index (κ1) is 14.1. The summed E-state index contributed by atoms with van der Waals surface area (Å²) >= 11 is 7.45. The van der Waals surface area contributed by atoms with E-state index < -0.39 is 0 Å². The minimum absolute atomic E-state index is 0.152. The molecule has 102 valence electrons. The average Bonchev–Trinajstić information content (AvgIpc) is 2.75. The summed E-state index contributed by atoms with van der Waals surface area (Å²) in [4.78, 5) is 24.6. The van der Waals surface area contributed by atoms with Gasteiger partial charge in [-0.1, -0.05) is 23.4 Å². The molecule has 0 fully saturated rings. The van der Waals surface area contributed by atoms with Crippen LogP contribution >= 0.6 is 23.4 Å². The van der Waals surface area contributed by atoms with Crippen LogP contribution in [0.25, 0.3) is 11.2 Å². The molecule has 7 heteroatoms. The number of nitrogens with zero attached hydrogens (tertiary/aromatic N) is 3. The van der Waals surface area contributed by atoms with Crippen molar-refractivity contribution in [2.24, 2.45) is 0 Å². The molecule has 0 aliphatic carbocycles. The van der Waals surface area contributed by atoms with Gasteiger partial charge in [0.15, 0.2) is 10.8 Å². The van der Waals surface area contributed by atoms with Gasteiger partial charge in [0.2, 0.25) is 5.91 Å². The molecule has 2 rings (SSSR count). The van der Waals surface area contributed by atoms with Gasteiger partial charge in [0.25, 0.3) is 0 Å². The van der Waals surface area contributed by atoms with Crippen molar-refractivity contribution >= 4 is 40.4 Å². The van der Waals surface area contributed by atoms with Crippen molar-refractivity contribution in [1.29, 1.82) is 0 Å². The van der Waals surface area contributed by atoms with Crippen LogP contribution in [0.3, 0.4) is 0 Å². The SMILES string of the molecule is CN(C)C(=O)CCCSc1nc2ncc(Cl)cc2[nH]1. The van der Waals surface area contributed by atoms with E-state index in [4.69, 9.17) is 11.6 Å². The Morgan fingerprint density at radius 2 is 2.32 bits per heavy atom. The van der Waals surface area contributed by atoms with E-state index in [0.717, 1.165) is 22.8 Å². The van der Waals surface area contributed by atoms with Gasteiger partial charge in [-0.25, -0.2) is 9.97 Å². The van der Waals surface area contributed by atoms with Gasteiger partial charge in [-0.05, 0) is 12.5 Å². The minimum atomic E-state index is 0.152. The molecule has 0 spiro atoms. The lowest BCUT2D eigenvalue weighted by Crippen LogP contribution is -2.21. The lowest BCUT2D eigenvalue weighted by atomic mass is 10.3. The molecule has 0 aliphatic heterocycles. The Morgan fingerprint density at radius 1 is 1.53 bits per heavy atom. The molecular weight excluding hydrogens is 284 g/mol. The zero-order valence-corrected chi connectivity index (χ0v) is 12.4. The summed E-state index contributed by atoms with van der Waals surface area (Å²) in [5.74, 6) is 0.992. The van der Waals surface area contributed by atoms with Gasteiger partial charge in [-0.2, -0.15) is 0 Å². The molecule has 0 aliphatic rings. The summed E-state index contributed by atoms with van der Waals surface area (Å²) in [6.07, 6.45) is 2.96. The van der Waals surface area contributed by atoms with Gasteiger partial charge in [-0.3, -0.25) is 4.79 Å². The Kier molecular flexibility index (Phi) is 4.66. The number of hydrogen-bond acceptors (Lipinski definition) is 4. The molecule has 19 heavy (non-hydrogen) atoms. The van der Waals surface area contributed by atoms with E-state index in [1.165, 1.54) is 0 Å². The average molecular weight is 299 g/mol. The second kappa shape index (κ2) is 6.25. The highest BCUT2D eigenvalue weighted by atomic mass is 35.5. The number of carbonyl (C=O) groups is 1. The van der Waals surface area contributed by atoms with Gasteiger partial charge in [0.1, 0.15) is 0 Å². The summed E-state index contributed by atoms with van der Waals surface area (Å²) < 4.78 is 0. The van der Waals surface area contributed by atoms with E-state index in [1.54, 1.807) is 43.0 Å². The predicted octanol–water partition coefficient (Wildman–Crippen LogP) is 2.57. The number of thioether (sulfide) groups is 1. The molecule has 0 saturated heterocycles. The van der Waals surface area contributed by atoms with Gasteiger partial charge in [-0.15, -0.1) is 0 Å². The van der Waals surface area contributed by atoms with Crippen LogP contribution in [0, 0.1) is 0 Å². The Labute approximate surface area is 120 Å². The Bertz CT molecular complexity index is 584. The number of rotatable bonds is 5. The number of nitrogens with one attached hydrogen (secondary N) is 1. The molecule has 5 nitrogen and oxygen atoms in total. The highest BCUT2D eigenvalue weighted by molar-refractivity contribution is 7.99. The minimum Gasteiger partial charge on any atom is -0.349 e. The van der Waals surface area contributed by atoms with Crippen LogP contribution in [0.4, 0.5) is 0 Å². The van der Waals surface area contributed by atoms with Crippen molar-refractivity contribution in [1.82, 2.24) is 19.9 Å². The Balaban J connectivity index is 1.86. The quantitative estimate of drug-likeness (QED) is 0.681. The van der Waals surface area contributed by atoms with Gasteiger partial charge in [0.05, 0.1) is 10.5 Å². The number of fused-ring (bicyclic) bond motifs is 1. The molecule has 2 heterocycles. The van der Waals surface area contributed by atoms with E-state index in [2.05, 4.69) is 15.0 Å². The van der Waals surface area contributed by atoms with Gasteiger partial charge in [0, 0.05) is 32.5 Å². The maximum atomic E-state index is 11.4. The van der Waals surface area contributed by atoms with Crippen molar-refractivity contribution in [2.75, 3.05) is 19.8 Å². The third kappa shape index (κ3) is 3.84. The number of amides is 1. The van der Waals surface area contributed by atoms with E-state index in [1.807, 2.05) is 0 Å². The number of hydrogen-bond donors (Lipinski definition) is 1. The lowest BCUT2D eigenvalue weighted by molar-refractivity contribution is -0.128. The number of H-pyrrole nitrogens is 1. The second-order valence-electron chi connectivity index (χ2n) is 4.31. The van der Waals surface area contributed by atoms with Gasteiger partial charge >= 0.3 is 0 Å². The summed E-state index contributed by atoms with van der Waals surface area (Å²) in [6, 6.07) is 1.80. The van der Waals surface area contributed by atoms with Crippen LogP contribution in [0.5, 0.6) is 0 Å². The molecule has 0 aromatic carbocycles. The van der Waals surface area contributed by atoms with Gasteiger partial charge < -0.3 is 9.88 Å². The van der Waals surface area contributed by atoms with E-state index >= 15 is 0 Å². The standard InChI is InChI=1S/C12H15ClN4OS/c1-17(2)10(18)4-3-5-19-12-15-9-6-8(13)7-14-11(9)16-12/h6-7H,3-5H2,1-2H3,(H,14,15,16). The van der Waals surface area contributed by atoms with Crippen molar-refractivity contribution in [2.45, 2.75) is 18.0 Å². The number of halogens is 1. The largest absolute Gasteiger partial charge is 0.349 e. The fourth-order valence-corrected chi connectivity index (χ4v) is 2.51. The maximum Gasteiger partial charge on any atom is 0.222 e. The van der Waals surface area contributed by atoms with Crippen molar-refractivity contribution in [3.63, 3.8) is 0 Å². The third-order valence-electron chi connectivity index (χ3n) is 2.55. The number of imidazole rings is 1. The zero-order valence-electron chi connectivity index (χ0n) is 10.8. The smallest absolute Gasteiger partial charge is 0.222 e. The topological polar surface area (TPSA) is 61.9 Å². The molecule has 0 atom stereocenters. The molecule has 2 aromatic heterocycles. The highest BCUT2D eigenvalue weighted by Crippen LogP contribution is 2.21. The normalized spacial score (nSPS) is 10.9. The van der Waals surface area contributed by atoms with Crippen LogP contribution < -0.4 is 0 Å². The molecule has 0 radical (unpaired) electrons. The van der Waals surface area contributed by atoms with E-state index in [9.17, 15) is 4.79 Å². The lowest BCUT2D eigenvalue weighted by Gasteiger charge is -2.08. The number of carbonyl (C=O) groups excluding carboxylic acids is 1. The third-order valence-corrected chi connectivity index (χ3v) is 3.72. The number of pyridine rings is 1. The monoisotopic (exact) mass is 298 g/mol. The molecule has 1 amide bonds. The Hall–Kier alpha value is -1.27. The fourth-order valence-electron chi connectivity index (χ4n) is 1.54. The molecule has 0 bridgehead atoms. The summed E-state index contributed by atoms with van der Waals surface area (Å²) in [7, 11) is 3.54. The molecule has 0 saturated carbocycles. The van der Waals surface area contributed by atoms with E-state index in [-0.39, 0.29) is 5.91 Å². The molecular formula is C12H15ClN4OS. The van der Waals surface area contributed by atoms with Crippen molar-refractivity contribution in [3.05, 3.63) is 17.3 Å². The van der Waals surface area contributed by atoms with E-state index in [0.29, 0.717) is 17.1 Å². The van der Waals surface area contributed by atoms with Crippen LogP contribution in [-0.2, 0) is 4.79 Å². The summed E-state index contributed by atoms with van der Waals surface area (Å²) in [6.45, 7) is 0. The second-order valence-corrected chi connectivity index (χ2v) is 5.83. The molecule has 2 aromatic rings. The Morgan fingerprint density at radius 3 is 3.05 bits per heavy atom. The van der Waals surface area contributed by atoms with Crippen molar-refractivity contribution < 1.29 is 4.79 Å². The summed E-state index contributed by atoms with van der Waals surface area (Å²) in [5, 5.41) is 1.39. The first-order chi connectivity index (χ1) is 9.06. The molecule has 1 N–H and O–H groups in total. The first-order valence-corrected chi connectivity index (χ1v) is 7.27. The van der Waals surface area contributed by atoms with Crippen LogP contribution in [0.1, 0.15) is 12.8 Å². The van der Waals surface area contributed by atoms with Crippen LogP contribution in [-0.4, -0.2) is 45.6 Å². The maximum absolute atomic E-state index is 11.4. The van der Waals surface area contributed by atoms with Crippen LogP contribution in [0.15, 0.2) is 17.4 Å². The summed E-state index contributed by atoms with van der Waals surface area (Å²) in [5.41, 5.74) is 1.50. The fraction of sp³-hybridized carbons (Fsp3) is 0.417.